The molecule has 2 saturated carbocycles. The van der Waals surface area contributed by atoms with Gasteiger partial charge in [0.1, 0.15) is 5.82 Å². The normalized spacial score (nSPS) is 36.9. The van der Waals surface area contributed by atoms with Crippen LogP contribution in [0, 0.1) is 17.7 Å². The first kappa shape index (κ1) is 10.7. The van der Waals surface area contributed by atoms with Gasteiger partial charge in [-0.05, 0) is 42.9 Å². The molecule has 1 nitrogen and oxygen atoms in total. The van der Waals surface area contributed by atoms with Crippen LogP contribution in [0.5, 0.6) is 0 Å². The smallest absolute Gasteiger partial charge is 0.129 e. The van der Waals surface area contributed by atoms with Crippen molar-refractivity contribution in [2.45, 2.75) is 31.3 Å². The first-order valence-electron chi connectivity index (χ1n) is 5.82. The molecule has 2 unspecified atom stereocenters. The Morgan fingerprint density at radius 1 is 1.25 bits per heavy atom. The van der Waals surface area contributed by atoms with Crippen LogP contribution in [-0.2, 0) is 5.60 Å². The molecule has 2 fully saturated rings. The lowest BCUT2D eigenvalue weighted by molar-refractivity contribution is 0.113. The molecule has 2 aliphatic carbocycles. The van der Waals surface area contributed by atoms with Gasteiger partial charge in [0, 0.05) is 10.0 Å². The van der Waals surface area contributed by atoms with Gasteiger partial charge in [0.05, 0.1) is 5.60 Å². The molecule has 0 bridgehead atoms. The SMILES string of the molecule is OC1(c2cc(Br)ccc2F)C2CCCCC21. The maximum Gasteiger partial charge on any atom is 0.129 e. The highest BCUT2D eigenvalue weighted by Gasteiger charge is 2.65. The van der Waals surface area contributed by atoms with E-state index >= 15 is 0 Å². The minimum absolute atomic E-state index is 0.278. The van der Waals surface area contributed by atoms with Gasteiger partial charge in [-0.2, -0.15) is 0 Å². The summed E-state index contributed by atoms with van der Waals surface area (Å²) in [4.78, 5) is 0. The summed E-state index contributed by atoms with van der Waals surface area (Å²) in [6.07, 6.45) is 4.40. The van der Waals surface area contributed by atoms with Crippen molar-refractivity contribution in [2.24, 2.45) is 11.8 Å². The monoisotopic (exact) mass is 284 g/mol. The van der Waals surface area contributed by atoms with Crippen molar-refractivity contribution in [3.05, 3.63) is 34.1 Å². The predicted octanol–water partition coefficient (Wildman–Crippen LogP) is 3.60. The van der Waals surface area contributed by atoms with Gasteiger partial charge < -0.3 is 5.11 Å². The zero-order valence-electron chi connectivity index (χ0n) is 8.92. The Hall–Kier alpha value is -0.410. The molecule has 0 spiro atoms. The Morgan fingerprint density at radius 3 is 2.50 bits per heavy atom. The number of halogens is 2. The van der Waals surface area contributed by atoms with Gasteiger partial charge in [-0.25, -0.2) is 4.39 Å². The van der Waals surface area contributed by atoms with Crippen LogP contribution in [0.3, 0.4) is 0 Å². The Balaban J connectivity index is 2.01. The van der Waals surface area contributed by atoms with Crippen molar-refractivity contribution < 1.29 is 9.50 Å². The summed E-state index contributed by atoms with van der Waals surface area (Å²) in [6.45, 7) is 0. The molecular weight excluding hydrogens is 271 g/mol. The van der Waals surface area contributed by atoms with E-state index in [1.807, 2.05) is 0 Å². The number of hydrogen-bond acceptors (Lipinski definition) is 1. The molecule has 0 aliphatic heterocycles. The topological polar surface area (TPSA) is 20.2 Å². The molecule has 2 aliphatic rings. The molecular formula is C13H14BrFO. The van der Waals surface area contributed by atoms with Crippen molar-refractivity contribution in [3.63, 3.8) is 0 Å². The summed E-state index contributed by atoms with van der Waals surface area (Å²) in [5, 5.41) is 10.6. The van der Waals surface area contributed by atoms with E-state index in [1.165, 1.54) is 18.9 Å². The van der Waals surface area contributed by atoms with Crippen molar-refractivity contribution in [2.75, 3.05) is 0 Å². The molecule has 0 radical (unpaired) electrons. The Labute approximate surface area is 103 Å². The molecule has 2 atom stereocenters. The molecule has 86 valence electrons. The highest BCUT2D eigenvalue weighted by molar-refractivity contribution is 9.10. The van der Waals surface area contributed by atoms with Crippen molar-refractivity contribution in [3.8, 4) is 0 Å². The second-order valence-electron chi connectivity index (χ2n) is 4.95. The maximum absolute atomic E-state index is 13.8. The predicted molar refractivity (Wildman–Crippen MR) is 63.4 cm³/mol. The first-order valence-corrected chi connectivity index (χ1v) is 6.61. The van der Waals surface area contributed by atoms with Gasteiger partial charge in [-0.15, -0.1) is 0 Å². The van der Waals surface area contributed by atoms with Gasteiger partial charge >= 0.3 is 0 Å². The molecule has 3 rings (SSSR count). The lowest BCUT2D eigenvalue weighted by Crippen LogP contribution is -2.12. The van der Waals surface area contributed by atoms with E-state index in [9.17, 15) is 9.50 Å². The molecule has 0 heterocycles. The molecule has 0 aromatic heterocycles. The van der Waals surface area contributed by atoms with E-state index in [2.05, 4.69) is 15.9 Å². The summed E-state index contributed by atoms with van der Waals surface area (Å²) in [5.74, 6) is 0.287. The molecule has 1 N–H and O–H groups in total. The van der Waals surface area contributed by atoms with Gasteiger partial charge in [0.15, 0.2) is 0 Å². The fourth-order valence-electron chi connectivity index (χ4n) is 3.30. The fourth-order valence-corrected chi connectivity index (χ4v) is 3.66. The zero-order chi connectivity index (χ0) is 11.3. The van der Waals surface area contributed by atoms with Crippen LogP contribution in [0.25, 0.3) is 0 Å². The van der Waals surface area contributed by atoms with Crippen LogP contribution >= 0.6 is 15.9 Å². The summed E-state index contributed by atoms with van der Waals surface area (Å²) < 4.78 is 14.6. The second-order valence-corrected chi connectivity index (χ2v) is 5.86. The summed E-state index contributed by atoms with van der Waals surface area (Å²) in [5.41, 5.74) is -0.400. The lowest BCUT2D eigenvalue weighted by atomic mass is 10.0. The largest absolute Gasteiger partial charge is 0.384 e. The minimum Gasteiger partial charge on any atom is -0.384 e. The number of aliphatic hydroxyl groups is 1. The molecule has 3 heteroatoms. The highest BCUT2D eigenvalue weighted by Crippen LogP contribution is 2.64. The molecule has 1 aromatic rings. The standard InChI is InChI=1S/C13H14BrFO/c14-8-5-6-12(15)11(7-8)13(16)9-3-1-2-4-10(9)13/h5-7,9-10,16H,1-4H2. The van der Waals surface area contributed by atoms with Crippen LogP contribution in [0.15, 0.2) is 22.7 Å². The van der Waals surface area contributed by atoms with Crippen LogP contribution in [0.2, 0.25) is 0 Å². The van der Waals surface area contributed by atoms with Crippen LogP contribution < -0.4 is 0 Å². The number of hydrogen-bond donors (Lipinski definition) is 1. The highest BCUT2D eigenvalue weighted by atomic mass is 79.9. The van der Waals surface area contributed by atoms with E-state index in [0.29, 0.717) is 5.56 Å². The Bertz CT molecular complexity index is 420. The first-order chi connectivity index (χ1) is 7.64. The van der Waals surface area contributed by atoms with E-state index in [0.717, 1.165) is 17.3 Å². The van der Waals surface area contributed by atoms with E-state index < -0.39 is 5.60 Å². The van der Waals surface area contributed by atoms with Crippen LogP contribution in [-0.4, -0.2) is 5.11 Å². The average Bonchev–Trinajstić information content (AvgIpc) is 2.90. The second kappa shape index (κ2) is 3.54. The van der Waals surface area contributed by atoms with E-state index in [1.54, 1.807) is 12.1 Å². The average molecular weight is 285 g/mol. The number of benzene rings is 1. The van der Waals surface area contributed by atoms with Crippen LogP contribution in [0.4, 0.5) is 4.39 Å². The quantitative estimate of drug-likeness (QED) is 0.836. The van der Waals surface area contributed by atoms with Gasteiger partial charge in [0.25, 0.3) is 0 Å². The third kappa shape index (κ3) is 1.37. The Kier molecular flexibility index (Phi) is 2.37. The molecule has 0 saturated heterocycles. The number of fused-ring (bicyclic) bond motifs is 1. The van der Waals surface area contributed by atoms with Crippen LogP contribution in [0.1, 0.15) is 31.2 Å². The third-order valence-electron chi connectivity index (χ3n) is 4.15. The van der Waals surface area contributed by atoms with E-state index in [4.69, 9.17) is 0 Å². The summed E-state index contributed by atoms with van der Waals surface area (Å²) in [6, 6.07) is 4.84. The molecule has 16 heavy (non-hydrogen) atoms. The van der Waals surface area contributed by atoms with Gasteiger partial charge in [0.2, 0.25) is 0 Å². The molecule has 0 amide bonds. The Morgan fingerprint density at radius 2 is 1.88 bits per heavy atom. The molecule has 1 aromatic carbocycles. The third-order valence-corrected chi connectivity index (χ3v) is 4.64. The van der Waals surface area contributed by atoms with Gasteiger partial charge in [-0.3, -0.25) is 0 Å². The zero-order valence-corrected chi connectivity index (χ0v) is 10.5. The summed E-state index contributed by atoms with van der Waals surface area (Å²) in [7, 11) is 0. The van der Waals surface area contributed by atoms with E-state index in [-0.39, 0.29) is 17.7 Å². The summed E-state index contributed by atoms with van der Waals surface area (Å²) >= 11 is 3.34. The van der Waals surface area contributed by atoms with Crippen molar-refractivity contribution in [1.29, 1.82) is 0 Å². The van der Waals surface area contributed by atoms with Crippen molar-refractivity contribution in [1.82, 2.24) is 0 Å². The minimum atomic E-state index is -0.885. The number of rotatable bonds is 1. The fraction of sp³-hybridized carbons (Fsp3) is 0.538. The van der Waals surface area contributed by atoms with Gasteiger partial charge in [-0.1, -0.05) is 28.8 Å². The maximum atomic E-state index is 13.8. The lowest BCUT2D eigenvalue weighted by Gasteiger charge is -2.12. The van der Waals surface area contributed by atoms with Crippen molar-refractivity contribution >= 4 is 15.9 Å².